The lowest BCUT2D eigenvalue weighted by atomic mass is 10.0. The zero-order valence-electron chi connectivity index (χ0n) is 9.91. The Kier molecular flexibility index (Phi) is 5.06. The van der Waals surface area contributed by atoms with Crippen molar-refractivity contribution in [3.63, 3.8) is 0 Å². The monoisotopic (exact) mass is 286 g/mol. The second-order valence-corrected chi connectivity index (χ2v) is 4.08. The SMILES string of the molecule is COc1cc(Cl)c(C(O)C(O)CC#N)cc1[N+](=O)[O-]. The molecule has 7 nitrogen and oxygen atoms in total. The minimum Gasteiger partial charge on any atom is -0.490 e. The third-order valence-electron chi connectivity index (χ3n) is 2.48. The van der Waals surface area contributed by atoms with Gasteiger partial charge in [0.1, 0.15) is 6.10 Å². The predicted molar refractivity (Wildman–Crippen MR) is 65.9 cm³/mol. The number of benzene rings is 1. The molecule has 2 atom stereocenters. The van der Waals surface area contributed by atoms with Gasteiger partial charge in [0.05, 0.1) is 35.6 Å². The molecule has 0 aliphatic rings. The van der Waals surface area contributed by atoms with Gasteiger partial charge in [-0.25, -0.2) is 0 Å². The van der Waals surface area contributed by atoms with Gasteiger partial charge in [-0.2, -0.15) is 5.26 Å². The smallest absolute Gasteiger partial charge is 0.311 e. The summed E-state index contributed by atoms with van der Waals surface area (Å²) in [5, 5.41) is 38.6. The summed E-state index contributed by atoms with van der Waals surface area (Å²) in [7, 11) is 1.25. The number of halogens is 1. The van der Waals surface area contributed by atoms with Gasteiger partial charge in [0.25, 0.3) is 0 Å². The molecule has 0 saturated heterocycles. The number of nitrogens with zero attached hydrogens (tertiary/aromatic N) is 2. The second kappa shape index (κ2) is 6.33. The largest absolute Gasteiger partial charge is 0.490 e. The molecule has 1 aromatic rings. The molecular weight excluding hydrogens is 276 g/mol. The van der Waals surface area contributed by atoms with E-state index in [1.807, 2.05) is 0 Å². The first-order chi connectivity index (χ1) is 8.92. The number of aliphatic hydroxyl groups is 2. The molecular formula is C11H11ClN2O5. The molecule has 8 heteroatoms. The Labute approximate surface area is 113 Å². The molecule has 0 aliphatic carbocycles. The van der Waals surface area contributed by atoms with Crippen molar-refractivity contribution in [2.24, 2.45) is 0 Å². The number of hydrogen-bond acceptors (Lipinski definition) is 6. The van der Waals surface area contributed by atoms with Crippen molar-refractivity contribution in [3.8, 4) is 11.8 Å². The summed E-state index contributed by atoms with van der Waals surface area (Å²) in [6, 6.07) is 3.88. The average molecular weight is 287 g/mol. The van der Waals surface area contributed by atoms with E-state index in [1.165, 1.54) is 13.2 Å². The Morgan fingerprint density at radius 1 is 1.58 bits per heavy atom. The second-order valence-electron chi connectivity index (χ2n) is 3.68. The molecule has 0 heterocycles. The van der Waals surface area contributed by atoms with Gasteiger partial charge in [-0.1, -0.05) is 11.6 Å². The summed E-state index contributed by atoms with van der Waals surface area (Å²) in [5.74, 6) is -0.0549. The highest BCUT2D eigenvalue weighted by molar-refractivity contribution is 6.31. The van der Waals surface area contributed by atoms with E-state index in [0.29, 0.717) is 0 Å². The van der Waals surface area contributed by atoms with Crippen LogP contribution in [0, 0.1) is 21.4 Å². The standard InChI is InChI=1S/C11H11ClN2O5/c1-19-10-5-7(12)6(4-8(10)14(17)18)11(16)9(15)2-3-13/h4-5,9,11,15-16H,2H2,1H3. The van der Waals surface area contributed by atoms with Crippen LogP contribution in [0.15, 0.2) is 12.1 Å². The number of nitriles is 1. The highest BCUT2D eigenvalue weighted by atomic mass is 35.5. The fourth-order valence-electron chi connectivity index (χ4n) is 1.50. The fourth-order valence-corrected chi connectivity index (χ4v) is 1.77. The molecule has 2 unspecified atom stereocenters. The quantitative estimate of drug-likeness (QED) is 0.626. The molecule has 1 aromatic carbocycles. The lowest BCUT2D eigenvalue weighted by Gasteiger charge is -2.17. The van der Waals surface area contributed by atoms with E-state index >= 15 is 0 Å². The summed E-state index contributed by atoms with van der Waals surface area (Å²) < 4.78 is 4.81. The van der Waals surface area contributed by atoms with E-state index in [0.717, 1.165) is 6.07 Å². The molecule has 0 aliphatic heterocycles. The molecule has 1 rings (SSSR count). The minimum atomic E-state index is -1.49. The van der Waals surface area contributed by atoms with Crippen molar-refractivity contribution >= 4 is 17.3 Å². The molecule has 0 aromatic heterocycles. The Morgan fingerprint density at radius 3 is 2.68 bits per heavy atom. The number of nitro groups is 1. The number of ether oxygens (including phenoxy) is 1. The molecule has 0 radical (unpaired) electrons. The van der Waals surface area contributed by atoms with E-state index in [-0.39, 0.29) is 28.4 Å². The number of rotatable bonds is 5. The number of hydrogen-bond donors (Lipinski definition) is 2. The van der Waals surface area contributed by atoms with Gasteiger partial charge in [0, 0.05) is 17.7 Å². The number of nitro benzene ring substituents is 1. The first-order valence-corrected chi connectivity index (χ1v) is 5.55. The maximum atomic E-state index is 10.8. The van der Waals surface area contributed by atoms with E-state index in [1.54, 1.807) is 6.07 Å². The fraction of sp³-hybridized carbons (Fsp3) is 0.364. The highest BCUT2D eigenvalue weighted by Gasteiger charge is 2.26. The van der Waals surface area contributed by atoms with Gasteiger partial charge in [-0.3, -0.25) is 10.1 Å². The Morgan fingerprint density at radius 2 is 2.21 bits per heavy atom. The van der Waals surface area contributed by atoms with Crippen molar-refractivity contribution in [2.75, 3.05) is 7.11 Å². The van der Waals surface area contributed by atoms with Gasteiger partial charge in [0.15, 0.2) is 5.75 Å². The van der Waals surface area contributed by atoms with Gasteiger partial charge < -0.3 is 14.9 Å². The Bertz CT molecular complexity index is 529. The van der Waals surface area contributed by atoms with Crippen molar-refractivity contribution in [1.29, 1.82) is 5.26 Å². The first kappa shape index (κ1) is 15.2. The van der Waals surface area contributed by atoms with Gasteiger partial charge in [-0.15, -0.1) is 0 Å². The number of aliphatic hydroxyl groups excluding tert-OH is 2. The maximum absolute atomic E-state index is 10.8. The van der Waals surface area contributed by atoms with E-state index in [4.69, 9.17) is 21.6 Å². The summed E-state index contributed by atoms with van der Waals surface area (Å²) in [6.07, 6.45) is -3.19. The van der Waals surface area contributed by atoms with Crippen LogP contribution < -0.4 is 4.74 Å². The molecule has 19 heavy (non-hydrogen) atoms. The van der Waals surface area contributed by atoms with Crippen LogP contribution in [-0.2, 0) is 0 Å². The molecule has 0 saturated carbocycles. The topological polar surface area (TPSA) is 117 Å². The molecule has 0 spiro atoms. The van der Waals surface area contributed by atoms with Crippen LogP contribution in [0.3, 0.4) is 0 Å². The molecule has 0 fully saturated rings. The summed E-state index contributed by atoms with van der Waals surface area (Å²) in [5.41, 5.74) is -0.415. The molecule has 0 amide bonds. The van der Waals surface area contributed by atoms with Crippen molar-refractivity contribution in [2.45, 2.75) is 18.6 Å². The Hall–Kier alpha value is -1.88. The van der Waals surface area contributed by atoms with Crippen LogP contribution in [0.4, 0.5) is 5.69 Å². The summed E-state index contributed by atoms with van der Waals surface area (Å²) in [4.78, 5) is 10.2. The van der Waals surface area contributed by atoms with Gasteiger partial charge in [0.2, 0.25) is 0 Å². The normalized spacial score (nSPS) is 13.4. The van der Waals surface area contributed by atoms with E-state index < -0.39 is 17.1 Å². The summed E-state index contributed by atoms with van der Waals surface area (Å²) >= 11 is 5.87. The van der Waals surface area contributed by atoms with E-state index in [2.05, 4.69) is 0 Å². The van der Waals surface area contributed by atoms with Crippen molar-refractivity contribution in [1.82, 2.24) is 0 Å². The first-order valence-electron chi connectivity index (χ1n) is 5.17. The summed E-state index contributed by atoms with van der Waals surface area (Å²) in [6.45, 7) is 0. The van der Waals surface area contributed by atoms with Crippen LogP contribution in [0.5, 0.6) is 5.75 Å². The van der Waals surface area contributed by atoms with Crippen molar-refractivity contribution < 1.29 is 19.9 Å². The predicted octanol–water partition coefficient (Wildman–Crippen LogP) is 1.56. The lowest BCUT2D eigenvalue weighted by molar-refractivity contribution is -0.385. The third kappa shape index (κ3) is 3.32. The van der Waals surface area contributed by atoms with Gasteiger partial charge >= 0.3 is 5.69 Å². The minimum absolute atomic E-state index is 0.00643. The van der Waals surface area contributed by atoms with Crippen LogP contribution in [0.1, 0.15) is 18.1 Å². The van der Waals surface area contributed by atoms with E-state index in [9.17, 15) is 20.3 Å². The average Bonchev–Trinajstić information content (AvgIpc) is 2.37. The number of methoxy groups -OCH3 is 1. The lowest BCUT2D eigenvalue weighted by Crippen LogP contribution is -2.18. The molecule has 102 valence electrons. The molecule has 2 N–H and O–H groups in total. The zero-order chi connectivity index (χ0) is 14.6. The molecule has 0 bridgehead atoms. The van der Waals surface area contributed by atoms with Crippen molar-refractivity contribution in [3.05, 3.63) is 32.8 Å². The van der Waals surface area contributed by atoms with Crippen LogP contribution in [0.25, 0.3) is 0 Å². The third-order valence-corrected chi connectivity index (χ3v) is 2.81. The maximum Gasteiger partial charge on any atom is 0.311 e. The van der Waals surface area contributed by atoms with Crippen LogP contribution in [-0.4, -0.2) is 28.4 Å². The van der Waals surface area contributed by atoms with Crippen LogP contribution in [0.2, 0.25) is 5.02 Å². The zero-order valence-corrected chi connectivity index (χ0v) is 10.7. The highest BCUT2D eigenvalue weighted by Crippen LogP contribution is 2.36. The van der Waals surface area contributed by atoms with Gasteiger partial charge in [-0.05, 0) is 0 Å². The Balaban J connectivity index is 3.25. The van der Waals surface area contributed by atoms with Crippen LogP contribution >= 0.6 is 11.6 Å².